The van der Waals surface area contributed by atoms with Crippen LogP contribution >= 0.6 is 11.6 Å². The van der Waals surface area contributed by atoms with Crippen molar-refractivity contribution in [2.45, 2.75) is 23.8 Å². The molecule has 38 heavy (non-hydrogen) atoms. The summed E-state index contributed by atoms with van der Waals surface area (Å²) in [5, 5.41) is 3.46. The van der Waals surface area contributed by atoms with Crippen LogP contribution in [0, 0.1) is 5.82 Å². The van der Waals surface area contributed by atoms with Gasteiger partial charge in [-0.2, -0.15) is 0 Å². The summed E-state index contributed by atoms with van der Waals surface area (Å²) >= 11 is 5.89. The number of sulfone groups is 1. The van der Waals surface area contributed by atoms with E-state index in [1.165, 1.54) is 18.5 Å². The number of anilines is 3. The maximum Gasteiger partial charge on any atom is 0.415 e. The van der Waals surface area contributed by atoms with Gasteiger partial charge in [-0.1, -0.05) is 11.6 Å². The monoisotopic (exact) mass is 561 g/mol. The average molecular weight is 562 g/mol. The Morgan fingerprint density at radius 1 is 1.13 bits per heavy atom. The Morgan fingerprint density at radius 3 is 2.55 bits per heavy atom. The van der Waals surface area contributed by atoms with Crippen LogP contribution in [0.1, 0.15) is 12.8 Å². The Bertz CT molecular complexity index is 1450. The molecule has 0 radical (unpaired) electrons. The molecule has 1 fully saturated rings. The topological polar surface area (TPSA) is 114 Å². The molecule has 1 N–H and O–H groups in total. The van der Waals surface area contributed by atoms with Crippen molar-refractivity contribution in [2.24, 2.45) is 0 Å². The number of fused-ring (bicyclic) bond motifs is 1. The Morgan fingerprint density at radius 2 is 1.87 bits per heavy atom. The van der Waals surface area contributed by atoms with E-state index in [1.54, 1.807) is 29.2 Å². The van der Waals surface area contributed by atoms with Gasteiger partial charge in [-0.25, -0.2) is 27.6 Å². The van der Waals surface area contributed by atoms with Crippen molar-refractivity contribution in [2.75, 3.05) is 42.7 Å². The third-order valence-electron chi connectivity index (χ3n) is 6.44. The van der Waals surface area contributed by atoms with Crippen LogP contribution in [0.3, 0.4) is 0 Å². The molecule has 0 spiro atoms. The first kappa shape index (κ1) is 26.0. The highest BCUT2D eigenvalue weighted by Gasteiger charge is 2.33. The Hall–Kier alpha value is -3.64. The highest BCUT2D eigenvalue weighted by molar-refractivity contribution is 7.90. The third-order valence-corrected chi connectivity index (χ3v) is 7.80. The SMILES string of the molecule is CS(=O)(=O)c1ccc(Nc2ncnc3c2OCCN3C2CCN(C(=O)Oc3ccc(Cl)cc3)CC2)c(F)c1. The van der Waals surface area contributed by atoms with Crippen molar-refractivity contribution in [3.8, 4) is 11.5 Å². The molecule has 2 aliphatic rings. The number of benzene rings is 2. The van der Waals surface area contributed by atoms with Crippen molar-refractivity contribution in [3.63, 3.8) is 0 Å². The van der Waals surface area contributed by atoms with Crippen molar-refractivity contribution >= 4 is 44.9 Å². The third kappa shape index (κ3) is 5.60. The molecule has 3 heterocycles. The number of halogens is 2. The average Bonchev–Trinajstić information content (AvgIpc) is 2.90. The van der Waals surface area contributed by atoms with Crippen LogP contribution in [-0.2, 0) is 9.84 Å². The number of carbonyl (C=O) groups excluding carboxylic acids is 1. The zero-order valence-corrected chi connectivity index (χ0v) is 22.0. The lowest BCUT2D eigenvalue weighted by Gasteiger charge is -2.41. The molecule has 0 bridgehead atoms. The Kier molecular flexibility index (Phi) is 7.26. The van der Waals surface area contributed by atoms with Crippen molar-refractivity contribution in [1.29, 1.82) is 0 Å². The molecule has 1 amide bonds. The van der Waals surface area contributed by atoms with Crippen LogP contribution in [0.25, 0.3) is 0 Å². The molecular formula is C25H25ClFN5O5S. The smallest absolute Gasteiger partial charge is 0.415 e. The maximum atomic E-state index is 14.7. The molecular weight excluding hydrogens is 537 g/mol. The standard InChI is InChI=1S/C25H25ClFN5O5S/c1-38(34,35)19-6-7-21(20(27)14-19)30-23-22-24(29-15-28-23)32(12-13-36-22)17-8-10-31(11-9-17)25(33)37-18-4-2-16(26)3-5-18/h2-7,14-15,17H,8-13H2,1H3,(H,28,29,30). The zero-order chi connectivity index (χ0) is 26.9. The molecule has 5 rings (SSSR count). The van der Waals surface area contributed by atoms with Gasteiger partial charge in [0.15, 0.2) is 21.5 Å². The number of carbonyl (C=O) groups is 1. The number of rotatable bonds is 5. The summed E-state index contributed by atoms with van der Waals surface area (Å²) in [6.45, 7) is 2.00. The predicted molar refractivity (Wildman–Crippen MR) is 140 cm³/mol. The van der Waals surface area contributed by atoms with Gasteiger partial charge in [0.25, 0.3) is 0 Å². The molecule has 0 unspecified atom stereocenters. The number of amides is 1. The summed E-state index contributed by atoms with van der Waals surface area (Å²) in [6, 6.07) is 10.4. The lowest BCUT2D eigenvalue weighted by Crippen LogP contribution is -2.50. The summed E-state index contributed by atoms with van der Waals surface area (Å²) < 4.78 is 49.4. The summed E-state index contributed by atoms with van der Waals surface area (Å²) in [6.07, 6.45) is 3.37. The highest BCUT2D eigenvalue weighted by atomic mass is 35.5. The molecule has 1 aromatic heterocycles. The fraction of sp³-hybridized carbons (Fsp3) is 0.320. The number of aromatic nitrogens is 2. The van der Waals surface area contributed by atoms with Gasteiger partial charge in [-0.15, -0.1) is 0 Å². The number of nitrogens with zero attached hydrogens (tertiary/aromatic N) is 4. The maximum absolute atomic E-state index is 14.7. The van der Waals surface area contributed by atoms with Crippen molar-refractivity contribution in [1.82, 2.24) is 14.9 Å². The molecule has 0 aliphatic carbocycles. The molecule has 1 saturated heterocycles. The minimum atomic E-state index is -3.54. The van der Waals surface area contributed by atoms with E-state index in [0.29, 0.717) is 61.4 Å². The van der Waals surface area contributed by atoms with E-state index in [0.717, 1.165) is 12.3 Å². The van der Waals surface area contributed by atoms with E-state index in [2.05, 4.69) is 20.2 Å². The fourth-order valence-corrected chi connectivity index (χ4v) is 5.24. The van der Waals surface area contributed by atoms with Crippen molar-refractivity contribution < 1.29 is 27.1 Å². The van der Waals surface area contributed by atoms with E-state index < -0.39 is 21.7 Å². The van der Waals surface area contributed by atoms with E-state index >= 15 is 0 Å². The molecule has 200 valence electrons. The van der Waals surface area contributed by atoms with E-state index in [9.17, 15) is 17.6 Å². The summed E-state index contributed by atoms with van der Waals surface area (Å²) in [7, 11) is -3.54. The van der Waals surface area contributed by atoms with Crippen LogP contribution in [0.5, 0.6) is 11.5 Å². The minimum absolute atomic E-state index is 0.0616. The summed E-state index contributed by atoms with van der Waals surface area (Å²) in [4.78, 5) is 24.9. The molecule has 10 nitrogen and oxygen atoms in total. The Balaban J connectivity index is 1.27. The molecule has 3 aromatic rings. The van der Waals surface area contributed by atoms with Crippen molar-refractivity contribution in [3.05, 3.63) is 59.6 Å². The number of hydrogen-bond donors (Lipinski definition) is 1. The largest absolute Gasteiger partial charge is 0.485 e. The van der Waals surface area contributed by atoms with Crippen LogP contribution in [0.15, 0.2) is 53.7 Å². The van der Waals surface area contributed by atoms with Crippen LogP contribution in [0.4, 0.5) is 26.5 Å². The van der Waals surface area contributed by atoms with E-state index in [4.69, 9.17) is 21.1 Å². The Labute approximate surface area is 224 Å². The fourth-order valence-electron chi connectivity index (χ4n) is 4.48. The van der Waals surface area contributed by atoms with Gasteiger partial charge in [-0.3, -0.25) is 0 Å². The summed E-state index contributed by atoms with van der Waals surface area (Å²) in [5.74, 6) is 0.933. The van der Waals surface area contributed by atoms with Gasteiger partial charge in [0.2, 0.25) is 5.75 Å². The van der Waals surface area contributed by atoms with Gasteiger partial charge < -0.3 is 24.6 Å². The van der Waals surface area contributed by atoms with Gasteiger partial charge in [0.05, 0.1) is 17.1 Å². The molecule has 0 atom stereocenters. The lowest BCUT2D eigenvalue weighted by atomic mass is 10.0. The highest BCUT2D eigenvalue weighted by Crippen LogP contribution is 2.39. The minimum Gasteiger partial charge on any atom is -0.485 e. The first-order valence-corrected chi connectivity index (χ1v) is 14.2. The number of nitrogens with one attached hydrogen (secondary N) is 1. The van der Waals surface area contributed by atoms with Crippen LogP contribution in [-0.4, -0.2) is 67.9 Å². The molecule has 2 aromatic carbocycles. The van der Waals surface area contributed by atoms with E-state index in [-0.39, 0.29) is 22.4 Å². The second-order valence-corrected chi connectivity index (χ2v) is 11.4. The number of ether oxygens (including phenoxy) is 2. The first-order valence-electron chi connectivity index (χ1n) is 11.9. The van der Waals surface area contributed by atoms with Crippen LogP contribution < -0.4 is 19.7 Å². The van der Waals surface area contributed by atoms with Crippen LogP contribution in [0.2, 0.25) is 5.02 Å². The number of likely N-dealkylation sites (tertiary alicyclic amines) is 1. The second kappa shape index (κ2) is 10.6. The van der Waals surface area contributed by atoms with Gasteiger partial charge in [0.1, 0.15) is 24.5 Å². The molecule has 13 heteroatoms. The van der Waals surface area contributed by atoms with E-state index in [1.807, 2.05) is 0 Å². The zero-order valence-electron chi connectivity index (χ0n) is 20.4. The summed E-state index contributed by atoms with van der Waals surface area (Å²) in [5.41, 5.74) is 0.0616. The normalized spacial score (nSPS) is 16.0. The van der Waals surface area contributed by atoms with Gasteiger partial charge in [-0.05, 0) is 55.3 Å². The molecule has 0 saturated carbocycles. The quantitative estimate of drug-likeness (QED) is 0.487. The lowest BCUT2D eigenvalue weighted by molar-refractivity contribution is 0.137. The number of hydrogen-bond acceptors (Lipinski definition) is 9. The van der Waals surface area contributed by atoms with Gasteiger partial charge >= 0.3 is 6.09 Å². The molecule has 2 aliphatic heterocycles. The van der Waals surface area contributed by atoms with Gasteiger partial charge in [0, 0.05) is 30.4 Å². The predicted octanol–water partition coefficient (Wildman–Crippen LogP) is 4.28. The number of piperidine rings is 1. The first-order chi connectivity index (χ1) is 18.2. The second-order valence-electron chi connectivity index (χ2n) is 9.00.